The average Bonchev–Trinajstić information content (AvgIpc) is 3.02. The van der Waals surface area contributed by atoms with Crippen LogP contribution in [0.15, 0.2) is 29.6 Å². The van der Waals surface area contributed by atoms with E-state index in [9.17, 15) is 0 Å². The summed E-state index contributed by atoms with van der Waals surface area (Å²) in [6.07, 6.45) is 4.11. The van der Waals surface area contributed by atoms with E-state index < -0.39 is 0 Å². The summed E-state index contributed by atoms with van der Waals surface area (Å²) in [6, 6.07) is 11.2. The van der Waals surface area contributed by atoms with Gasteiger partial charge in [0.1, 0.15) is 0 Å². The monoisotopic (exact) mass is 272 g/mol. The lowest BCUT2D eigenvalue weighted by Crippen LogP contribution is -2.30. The van der Waals surface area contributed by atoms with Crippen molar-refractivity contribution in [2.75, 3.05) is 11.9 Å². The second-order valence-electron chi connectivity index (χ2n) is 6.03. The molecule has 0 spiro atoms. The van der Waals surface area contributed by atoms with Crippen molar-refractivity contribution >= 4 is 27.1 Å². The number of anilines is 1. The number of hydrogen-bond acceptors (Lipinski definition) is 3. The lowest BCUT2D eigenvalue weighted by molar-refractivity contribution is 0.257. The van der Waals surface area contributed by atoms with Gasteiger partial charge in [-0.05, 0) is 61.2 Å². The second-order valence-corrected chi connectivity index (χ2v) is 6.97. The van der Waals surface area contributed by atoms with Gasteiger partial charge < -0.3 is 5.32 Å². The standard InChI is InChI=1S/C16H20N2S/c1-11-8-14(10-18(11)15-3-4-15)17-13-2-5-16-12(9-13)6-7-19-16/h2,5-7,9,11,14-15,17H,3-4,8,10H2,1H3. The van der Waals surface area contributed by atoms with Crippen LogP contribution in [0, 0.1) is 0 Å². The molecule has 2 nitrogen and oxygen atoms in total. The minimum atomic E-state index is 0.617. The van der Waals surface area contributed by atoms with E-state index in [1.54, 1.807) is 0 Å². The van der Waals surface area contributed by atoms with Gasteiger partial charge in [0.15, 0.2) is 0 Å². The third-order valence-electron chi connectivity index (χ3n) is 4.46. The molecular formula is C16H20N2S. The van der Waals surface area contributed by atoms with Crippen LogP contribution in [0.1, 0.15) is 26.2 Å². The Bertz CT molecular complexity index is 587. The van der Waals surface area contributed by atoms with Crippen LogP contribution in [0.3, 0.4) is 0 Å². The van der Waals surface area contributed by atoms with E-state index in [4.69, 9.17) is 0 Å². The third-order valence-corrected chi connectivity index (χ3v) is 5.36. The fourth-order valence-electron chi connectivity index (χ4n) is 3.37. The van der Waals surface area contributed by atoms with Gasteiger partial charge in [0.25, 0.3) is 0 Å². The largest absolute Gasteiger partial charge is 0.381 e. The number of nitrogens with one attached hydrogen (secondary N) is 1. The van der Waals surface area contributed by atoms with Crippen molar-refractivity contribution in [1.29, 1.82) is 0 Å². The Labute approximate surface area is 118 Å². The van der Waals surface area contributed by atoms with Crippen molar-refractivity contribution in [3.63, 3.8) is 0 Å². The maximum absolute atomic E-state index is 3.73. The van der Waals surface area contributed by atoms with Crippen LogP contribution in [0.2, 0.25) is 0 Å². The zero-order valence-corrected chi connectivity index (χ0v) is 12.1. The molecule has 0 radical (unpaired) electrons. The molecule has 4 rings (SSSR count). The fourth-order valence-corrected chi connectivity index (χ4v) is 4.14. The molecule has 0 bridgehead atoms. The zero-order valence-electron chi connectivity index (χ0n) is 11.3. The highest BCUT2D eigenvalue weighted by Gasteiger charge is 2.38. The highest BCUT2D eigenvalue weighted by atomic mass is 32.1. The molecule has 0 amide bonds. The summed E-state index contributed by atoms with van der Waals surface area (Å²) in [5.41, 5.74) is 1.28. The minimum absolute atomic E-state index is 0.617. The molecule has 100 valence electrons. The SMILES string of the molecule is CC1CC(Nc2ccc3sccc3c2)CN1C1CC1. The number of fused-ring (bicyclic) bond motifs is 1. The van der Waals surface area contributed by atoms with E-state index in [-0.39, 0.29) is 0 Å². The van der Waals surface area contributed by atoms with Gasteiger partial charge in [-0.2, -0.15) is 0 Å². The summed E-state index contributed by atoms with van der Waals surface area (Å²) in [5, 5.41) is 7.26. The van der Waals surface area contributed by atoms with E-state index in [0.717, 1.165) is 12.1 Å². The van der Waals surface area contributed by atoms with Gasteiger partial charge in [-0.1, -0.05) is 0 Å². The fraction of sp³-hybridized carbons (Fsp3) is 0.500. The van der Waals surface area contributed by atoms with Gasteiger partial charge in [-0.15, -0.1) is 11.3 Å². The van der Waals surface area contributed by atoms with Crippen molar-refractivity contribution in [2.24, 2.45) is 0 Å². The van der Waals surface area contributed by atoms with Crippen LogP contribution < -0.4 is 5.32 Å². The van der Waals surface area contributed by atoms with Crippen LogP contribution >= 0.6 is 11.3 Å². The van der Waals surface area contributed by atoms with Gasteiger partial charge in [-0.3, -0.25) is 4.90 Å². The van der Waals surface area contributed by atoms with E-state index >= 15 is 0 Å². The molecule has 3 heteroatoms. The maximum Gasteiger partial charge on any atom is 0.0403 e. The molecule has 1 aliphatic heterocycles. The van der Waals surface area contributed by atoms with Crippen molar-refractivity contribution in [1.82, 2.24) is 4.90 Å². The summed E-state index contributed by atoms with van der Waals surface area (Å²) in [6.45, 7) is 3.59. The third kappa shape index (κ3) is 2.26. The molecule has 2 aliphatic rings. The molecule has 1 aromatic carbocycles. The zero-order chi connectivity index (χ0) is 12.8. The number of rotatable bonds is 3. The Morgan fingerprint density at radius 1 is 1.26 bits per heavy atom. The first kappa shape index (κ1) is 11.7. The van der Waals surface area contributed by atoms with E-state index in [0.29, 0.717) is 6.04 Å². The van der Waals surface area contributed by atoms with Crippen LogP contribution in [0.5, 0.6) is 0 Å². The van der Waals surface area contributed by atoms with Gasteiger partial charge >= 0.3 is 0 Å². The molecule has 2 unspecified atom stereocenters. The quantitative estimate of drug-likeness (QED) is 0.910. The number of benzene rings is 1. The maximum atomic E-state index is 3.73. The molecule has 2 atom stereocenters. The molecule has 19 heavy (non-hydrogen) atoms. The van der Waals surface area contributed by atoms with E-state index in [2.05, 4.69) is 46.8 Å². The predicted molar refractivity (Wildman–Crippen MR) is 83.0 cm³/mol. The summed E-state index contributed by atoms with van der Waals surface area (Å²) >= 11 is 1.82. The molecule has 2 aromatic rings. The van der Waals surface area contributed by atoms with Crippen LogP contribution in [0.25, 0.3) is 10.1 Å². The molecule has 1 aromatic heterocycles. The Morgan fingerprint density at radius 2 is 2.16 bits per heavy atom. The molecule has 1 N–H and O–H groups in total. The molecule has 1 aliphatic carbocycles. The smallest absolute Gasteiger partial charge is 0.0403 e. The minimum Gasteiger partial charge on any atom is -0.381 e. The molecule has 2 heterocycles. The van der Waals surface area contributed by atoms with Gasteiger partial charge in [0.2, 0.25) is 0 Å². The first-order valence-electron chi connectivity index (χ1n) is 7.29. The van der Waals surface area contributed by atoms with Gasteiger partial charge in [0.05, 0.1) is 0 Å². The molecule has 1 saturated carbocycles. The van der Waals surface area contributed by atoms with Crippen molar-refractivity contribution in [3.8, 4) is 0 Å². The van der Waals surface area contributed by atoms with E-state index in [1.807, 2.05) is 11.3 Å². The lowest BCUT2D eigenvalue weighted by atomic mass is 10.1. The number of likely N-dealkylation sites (tertiary alicyclic amines) is 1. The van der Waals surface area contributed by atoms with Crippen molar-refractivity contribution in [3.05, 3.63) is 29.6 Å². The highest BCUT2D eigenvalue weighted by Crippen LogP contribution is 2.34. The predicted octanol–water partition coefficient (Wildman–Crippen LogP) is 3.94. The number of nitrogens with zero attached hydrogens (tertiary/aromatic N) is 1. The van der Waals surface area contributed by atoms with E-state index in [1.165, 1.54) is 41.6 Å². The normalized spacial score (nSPS) is 28.1. The number of hydrogen-bond donors (Lipinski definition) is 1. The Morgan fingerprint density at radius 3 is 3.00 bits per heavy atom. The van der Waals surface area contributed by atoms with Gasteiger partial charge in [-0.25, -0.2) is 0 Å². The van der Waals surface area contributed by atoms with Crippen molar-refractivity contribution < 1.29 is 0 Å². The molecule has 1 saturated heterocycles. The molecular weight excluding hydrogens is 252 g/mol. The summed E-state index contributed by atoms with van der Waals surface area (Å²) in [7, 11) is 0. The number of thiophene rings is 1. The highest BCUT2D eigenvalue weighted by molar-refractivity contribution is 7.17. The Kier molecular flexibility index (Phi) is 2.78. The average molecular weight is 272 g/mol. The van der Waals surface area contributed by atoms with Gasteiger partial charge in [0, 0.05) is 35.1 Å². The molecule has 2 fully saturated rings. The Balaban J connectivity index is 1.48. The summed E-state index contributed by atoms with van der Waals surface area (Å²) in [4.78, 5) is 2.70. The second kappa shape index (κ2) is 4.50. The first-order valence-corrected chi connectivity index (χ1v) is 8.17. The Hall–Kier alpha value is -1.06. The first-order chi connectivity index (χ1) is 9.29. The summed E-state index contributed by atoms with van der Waals surface area (Å²) in [5.74, 6) is 0. The van der Waals surface area contributed by atoms with Crippen LogP contribution in [-0.4, -0.2) is 29.6 Å². The summed E-state index contributed by atoms with van der Waals surface area (Å²) < 4.78 is 1.38. The van der Waals surface area contributed by atoms with Crippen LogP contribution in [-0.2, 0) is 0 Å². The van der Waals surface area contributed by atoms with Crippen molar-refractivity contribution in [2.45, 2.75) is 44.3 Å². The lowest BCUT2D eigenvalue weighted by Gasteiger charge is -2.20. The van der Waals surface area contributed by atoms with Crippen LogP contribution in [0.4, 0.5) is 5.69 Å². The topological polar surface area (TPSA) is 15.3 Å².